The standard InChI is InChI=1S/C13H17N3O2S2/c1-18-12(17)6-11-9-19-4-2-15(11)7-10-8-16-3-5-20-13(16)14-10/h3,5,8,11H,2,4,6-7,9H2,1H3. The number of imidazole rings is 1. The largest absolute Gasteiger partial charge is 0.469 e. The van der Waals surface area contributed by atoms with Crippen LogP contribution in [-0.4, -0.2) is 51.5 Å². The predicted molar refractivity (Wildman–Crippen MR) is 81.2 cm³/mol. The molecule has 0 saturated carbocycles. The van der Waals surface area contributed by atoms with Gasteiger partial charge in [-0.15, -0.1) is 11.3 Å². The topological polar surface area (TPSA) is 46.8 Å². The zero-order valence-electron chi connectivity index (χ0n) is 11.3. The van der Waals surface area contributed by atoms with Gasteiger partial charge in [0.2, 0.25) is 0 Å². The lowest BCUT2D eigenvalue weighted by molar-refractivity contribution is -0.141. The molecule has 3 heterocycles. The second-order valence-electron chi connectivity index (χ2n) is 4.80. The van der Waals surface area contributed by atoms with E-state index in [1.165, 1.54) is 7.11 Å². The van der Waals surface area contributed by atoms with Crippen molar-refractivity contribution < 1.29 is 9.53 Å². The van der Waals surface area contributed by atoms with E-state index in [4.69, 9.17) is 4.74 Å². The van der Waals surface area contributed by atoms with Crippen LogP contribution in [0.1, 0.15) is 12.1 Å². The molecule has 0 bridgehead atoms. The summed E-state index contributed by atoms with van der Waals surface area (Å²) in [5.74, 6) is 1.96. The first-order valence-electron chi connectivity index (χ1n) is 6.56. The Bertz CT molecular complexity index is 567. The Kier molecular flexibility index (Phi) is 4.28. The number of thioether (sulfide) groups is 1. The predicted octanol–water partition coefficient (Wildman–Crippen LogP) is 1.88. The number of methoxy groups -OCH3 is 1. The Labute approximate surface area is 125 Å². The first-order valence-corrected chi connectivity index (χ1v) is 8.59. The molecule has 1 atom stereocenters. The highest BCUT2D eigenvalue weighted by atomic mass is 32.2. The maximum Gasteiger partial charge on any atom is 0.307 e. The van der Waals surface area contributed by atoms with Gasteiger partial charge in [-0.25, -0.2) is 4.98 Å². The lowest BCUT2D eigenvalue weighted by Gasteiger charge is -2.34. The van der Waals surface area contributed by atoms with Crippen molar-refractivity contribution in [2.24, 2.45) is 0 Å². The molecule has 108 valence electrons. The maximum atomic E-state index is 11.5. The summed E-state index contributed by atoms with van der Waals surface area (Å²) in [6.07, 6.45) is 4.56. The van der Waals surface area contributed by atoms with Crippen molar-refractivity contribution in [3.8, 4) is 0 Å². The van der Waals surface area contributed by atoms with Gasteiger partial charge in [-0.2, -0.15) is 11.8 Å². The summed E-state index contributed by atoms with van der Waals surface area (Å²) >= 11 is 3.54. The van der Waals surface area contributed by atoms with Crippen molar-refractivity contribution in [2.75, 3.05) is 25.2 Å². The van der Waals surface area contributed by atoms with Crippen LogP contribution in [0.2, 0.25) is 0 Å². The molecule has 2 aromatic heterocycles. The third-order valence-corrected chi connectivity index (χ3v) is 5.35. The summed E-state index contributed by atoms with van der Waals surface area (Å²) in [4.78, 5) is 19.5. The van der Waals surface area contributed by atoms with E-state index < -0.39 is 0 Å². The molecule has 0 aromatic carbocycles. The fraction of sp³-hybridized carbons (Fsp3) is 0.538. The smallest absolute Gasteiger partial charge is 0.307 e. The number of nitrogens with zero attached hydrogens (tertiary/aromatic N) is 3. The molecular formula is C13H17N3O2S2. The van der Waals surface area contributed by atoms with Gasteiger partial charge >= 0.3 is 5.97 Å². The van der Waals surface area contributed by atoms with Gasteiger partial charge in [0, 0.05) is 48.4 Å². The van der Waals surface area contributed by atoms with Crippen LogP contribution in [0.4, 0.5) is 0 Å². The van der Waals surface area contributed by atoms with Crippen molar-refractivity contribution in [2.45, 2.75) is 19.0 Å². The SMILES string of the molecule is COC(=O)CC1CSCCN1Cc1cn2ccsc2n1. The van der Waals surface area contributed by atoms with E-state index in [-0.39, 0.29) is 12.0 Å². The number of thiazole rings is 1. The van der Waals surface area contributed by atoms with E-state index in [2.05, 4.69) is 16.1 Å². The number of esters is 1. The highest BCUT2D eigenvalue weighted by Crippen LogP contribution is 2.22. The van der Waals surface area contributed by atoms with E-state index >= 15 is 0 Å². The molecule has 1 fully saturated rings. The second-order valence-corrected chi connectivity index (χ2v) is 6.83. The van der Waals surface area contributed by atoms with Gasteiger partial charge < -0.3 is 4.74 Å². The average molecular weight is 311 g/mol. The van der Waals surface area contributed by atoms with Crippen molar-refractivity contribution in [1.29, 1.82) is 0 Å². The Morgan fingerprint density at radius 3 is 3.30 bits per heavy atom. The van der Waals surface area contributed by atoms with Crippen LogP contribution >= 0.6 is 23.1 Å². The lowest BCUT2D eigenvalue weighted by atomic mass is 10.2. The van der Waals surface area contributed by atoms with E-state index in [0.29, 0.717) is 6.42 Å². The van der Waals surface area contributed by atoms with Crippen molar-refractivity contribution in [3.05, 3.63) is 23.5 Å². The molecule has 2 aromatic rings. The molecule has 0 N–H and O–H groups in total. The third-order valence-electron chi connectivity index (χ3n) is 3.49. The third kappa shape index (κ3) is 2.99. The van der Waals surface area contributed by atoms with Crippen LogP contribution in [0.3, 0.4) is 0 Å². The van der Waals surface area contributed by atoms with Crippen LogP contribution in [0, 0.1) is 0 Å². The van der Waals surface area contributed by atoms with Gasteiger partial charge in [-0.05, 0) is 0 Å². The molecule has 0 amide bonds. The van der Waals surface area contributed by atoms with Crippen molar-refractivity contribution >= 4 is 34.0 Å². The normalized spacial score (nSPS) is 20.4. The molecule has 0 radical (unpaired) electrons. The molecule has 20 heavy (non-hydrogen) atoms. The van der Waals surface area contributed by atoms with Crippen molar-refractivity contribution in [3.63, 3.8) is 0 Å². The molecule has 1 unspecified atom stereocenters. The molecule has 0 aliphatic carbocycles. The summed E-state index contributed by atoms with van der Waals surface area (Å²) in [5, 5.41) is 2.03. The minimum absolute atomic E-state index is 0.131. The molecule has 1 saturated heterocycles. The van der Waals surface area contributed by atoms with Crippen LogP contribution in [0.25, 0.3) is 4.96 Å². The molecule has 1 aliphatic rings. The summed E-state index contributed by atoms with van der Waals surface area (Å²) < 4.78 is 6.84. The first kappa shape index (κ1) is 13.9. The van der Waals surface area contributed by atoms with E-state index in [1.807, 2.05) is 27.7 Å². The fourth-order valence-electron chi connectivity index (χ4n) is 2.42. The highest BCUT2D eigenvalue weighted by Gasteiger charge is 2.26. The van der Waals surface area contributed by atoms with Gasteiger partial charge in [0.25, 0.3) is 0 Å². The van der Waals surface area contributed by atoms with Gasteiger partial charge in [0.1, 0.15) is 0 Å². The maximum absolute atomic E-state index is 11.5. The highest BCUT2D eigenvalue weighted by molar-refractivity contribution is 7.99. The summed E-state index contributed by atoms with van der Waals surface area (Å²) in [5.41, 5.74) is 1.07. The van der Waals surface area contributed by atoms with E-state index in [9.17, 15) is 4.79 Å². The van der Waals surface area contributed by atoms with Crippen LogP contribution in [0.5, 0.6) is 0 Å². The molecule has 1 aliphatic heterocycles. The van der Waals surface area contributed by atoms with Gasteiger partial charge in [-0.1, -0.05) is 0 Å². The van der Waals surface area contributed by atoms with Crippen LogP contribution in [0.15, 0.2) is 17.8 Å². The Morgan fingerprint density at radius 2 is 2.50 bits per heavy atom. The van der Waals surface area contributed by atoms with Crippen LogP contribution < -0.4 is 0 Å². The number of aromatic nitrogens is 2. The number of carbonyl (C=O) groups excluding carboxylic acids is 1. The second kappa shape index (κ2) is 6.15. The van der Waals surface area contributed by atoms with E-state index in [0.717, 1.165) is 35.3 Å². The number of rotatable bonds is 4. The zero-order chi connectivity index (χ0) is 13.9. The van der Waals surface area contributed by atoms with Crippen molar-refractivity contribution in [1.82, 2.24) is 14.3 Å². The molecule has 0 spiro atoms. The molecular weight excluding hydrogens is 294 g/mol. The van der Waals surface area contributed by atoms with E-state index in [1.54, 1.807) is 11.3 Å². The number of carbonyl (C=O) groups is 1. The minimum Gasteiger partial charge on any atom is -0.469 e. The Hall–Kier alpha value is -1.05. The lowest BCUT2D eigenvalue weighted by Crippen LogP contribution is -2.43. The Morgan fingerprint density at radius 1 is 1.60 bits per heavy atom. The molecule has 5 nitrogen and oxygen atoms in total. The zero-order valence-corrected chi connectivity index (χ0v) is 13.0. The average Bonchev–Trinajstić information content (AvgIpc) is 3.01. The summed E-state index contributed by atoms with van der Waals surface area (Å²) in [7, 11) is 1.45. The fourth-order valence-corrected chi connectivity index (χ4v) is 4.27. The van der Waals surface area contributed by atoms with Gasteiger partial charge in [0.05, 0.1) is 19.2 Å². The number of ether oxygens (including phenoxy) is 1. The number of fused-ring (bicyclic) bond motifs is 1. The molecule has 7 heteroatoms. The monoisotopic (exact) mass is 311 g/mol. The van der Waals surface area contributed by atoms with Gasteiger partial charge in [0.15, 0.2) is 4.96 Å². The summed E-state index contributed by atoms with van der Waals surface area (Å²) in [6, 6.07) is 0.251. The Balaban J connectivity index is 1.69. The number of hydrogen-bond donors (Lipinski definition) is 0. The molecule has 3 rings (SSSR count). The van der Waals surface area contributed by atoms with Crippen LogP contribution in [-0.2, 0) is 16.1 Å². The summed E-state index contributed by atoms with van der Waals surface area (Å²) in [6.45, 7) is 1.80. The first-order chi connectivity index (χ1) is 9.76. The number of hydrogen-bond acceptors (Lipinski definition) is 6. The van der Waals surface area contributed by atoms with Gasteiger partial charge in [-0.3, -0.25) is 14.1 Å². The minimum atomic E-state index is -0.131. The quantitative estimate of drug-likeness (QED) is 0.807.